The Hall–Kier alpha value is -2.86. The van der Waals surface area contributed by atoms with Crippen LogP contribution in [0.1, 0.15) is 23.5 Å². The summed E-state index contributed by atoms with van der Waals surface area (Å²) in [5.41, 5.74) is 3.10. The second kappa shape index (κ2) is 6.80. The van der Waals surface area contributed by atoms with E-state index in [-0.39, 0.29) is 12.1 Å². The van der Waals surface area contributed by atoms with Gasteiger partial charge in [0, 0.05) is 25.1 Å². The first-order chi connectivity index (χ1) is 12.7. The molecule has 1 saturated heterocycles. The van der Waals surface area contributed by atoms with Crippen molar-refractivity contribution >= 4 is 17.3 Å². The van der Waals surface area contributed by atoms with Gasteiger partial charge in [-0.2, -0.15) is 0 Å². The van der Waals surface area contributed by atoms with Crippen molar-refractivity contribution in [1.82, 2.24) is 19.8 Å². The van der Waals surface area contributed by atoms with E-state index >= 15 is 0 Å². The lowest BCUT2D eigenvalue weighted by Crippen LogP contribution is -2.26. The number of pyridine rings is 1. The Morgan fingerprint density at radius 1 is 1.08 bits per heavy atom. The van der Waals surface area contributed by atoms with Crippen molar-refractivity contribution in [1.29, 1.82) is 0 Å². The summed E-state index contributed by atoms with van der Waals surface area (Å²) in [7, 11) is 3.71. The number of benzene rings is 1. The van der Waals surface area contributed by atoms with Gasteiger partial charge in [-0.05, 0) is 48.6 Å². The van der Waals surface area contributed by atoms with Gasteiger partial charge in [0.05, 0.1) is 30.6 Å². The molecule has 1 fully saturated rings. The second-order valence-corrected chi connectivity index (χ2v) is 6.60. The molecule has 1 aliphatic heterocycles. The molecule has 0 radical (unpaired) electrons. The monoisotopic (exact) mass is 364 g/mol. The Kier molecular flexibility index (Phi) is 4.34. The smallest absolute Gasteiger partial charge is 0.169 e. The summed E-state index contributed by atoms with van der Waals surface area (Å²) in [6.45, 7) is 0. The number of nitrogens with one attached hydrogen (secondary N) is 1. The molecule has 0 bridgehead atoms. The number of rotatable bonds is 4. The van der Waals surface area contributed by atoms with E-state index in [0.29, 0.717) is 0 Å². The molecule has 26 heavy (non-hydrogen) atoms. The average Bonchev–Trinajstić information content (AvgIpc) is 3.27. The third kappa shape index (κ3) is 2.72. The number of methoxy groups -OCH3 is 1. The van der Waals surface area contributed by atoms with Gasteiger partial charge < -0.3 is 19.5 Å². The molecular formula is C20H20N4OS. The molecule has 0 aliphatic carbocycles. The van der Waals surface area contributed by atoms with Gasteiger partial charge in [0.25, 0.3) is 0 Å². The van der Waals surface area contributed by atoms with Gasteiger partial charge in [0.2, 0.25) is 0 Å². The standard InChI is InChI=1S/C20H20N4OS/c1-23-19(18(22-20(23)26)14-8-5-6-12-21-14)16-10-7-13-24(16)15-9-3-4-11-17(15)25-2/h3-13,18-19H,1-2H3,(H,22,26)/t18-,19+/m1/s1. The molecule has 5 nitrogen and oxygen atoms in total. The van der Waals surface area contributed by atoms with E-state index in [0.717, 1.165) is 27.9 Å². The van der Waals surface area contributed by atoms with E-state index in [4.69, 9.17) is 17.0 Å². The minimum absolute atomic E-state index is 0.0166. The Balaban J connectivity index is 1.82. The minimum Gasteiger partial charge on any atom is -0.495 e. The summed E-state index contributed by atoms with van der Waals surface area (Å²) < 4.78 is 7.72. The van der Waals surface area contributed by atoms with Crippen LogP contribution < -0.4 is 10.1 Å². The lowest BCUT2D eigenvalue weighted by molar-refractivity contribution is 0.355. The predicted molar refractivity (Wildman–Crippen MR) is 106 cm³/mol. The fourth-order valence-electron chi connectivity index (χ4n) is 3.51. The third-order valence-electron chi connectivity index (χ3n) is 4.77. The Morgan fingerprint density at radius 2 is 1.88 bits per heavy atom. The normalized spacial score (nSPS) is 19.5. The van der Waals surface area contributed by atoms with Crippen molar-refractivity contribution in [2.45, 2.75) is 12.1 Å². The first-order valence-electron chi connectivity index (χ1n) is 8.45. The largest absolute Gasteiger partial charge is 0.495 e. The van der Waals surface area contributed by atoms with Gasteiger partial charge in [0.15, 0.2) is 5.11 Å². The molecule has 4 rings (SSSR count). The van der Waals surface area contributed by atoms with Crippen LogP contribution in [0.2, 0.25) is 0 Å². The molecule has 0 spiro atoms. The summed E-state index contributed by atoms with van der Waals surface area (Å²) in [6, 6.07) is 18.1. The SMILES string of the molecule is COc1ccccc1-n1cccc1[C@H]1[C@@H](c2ccccn2)NC(=S)N1C. The highest BCUT2D eigenvalue weighted by Crippen LogP contribution is 2.39. The van der Waals surface area contributed by atoms with Gasteiger partial charge >= 0.3 is 0 Å². The Bertz CT molecular complexity index is 924. The van der Waals surface area contributed by atoms with Crippen LogP contribution in [0.4, 0.5) is 0 Å². The van der Waals surface area contributed by atoms with Gasteiger partial charge in [-0.3, -0.25) is 4.98 Å². The number of nitrogens with zero attached hydrogens (tertiary/aromatic N) is 3. The maximum Gasteiger partial charge on any atom is 0.169 e. The zero-order chi connectivity index (χ0) is 18.1. The molecule has 1 aromatic carbocycles. The van der Waals surface area contributed by atoms with E-state index in [1.165, 1.54) is 0 Å². The zero-order valence-electron chi connectivity index (χ0n) is 14.7. The molecule has 0 saturated carbocycles. The Labute approximate surface area is 158 Å². The first kappa shape index (κ1) is 16.6. The van der Waals surface area contributed by atoms with Crippen LogP contribution in [0, 0.1) is 0 Å². The predicted octanol–water partition coefficient (Wildman–Crippen LogP) is 3.48. The molecule has 132 valence electrons. The Morgan fingerprint density at radius 3 is 2.65 bits per heavy atom. The molecule has 1 N–H and O–H groups in total. The summed E-state index contributed by atoms with van der Waals surface area (Å²) >= 11 is 5.53. The number of ether oxygens (including phenoxy) is 1. The number of thiocarbonyl (C=S) groups is 1. The van der Waals surface area contributed by atoms with Crippen molar-refractivity contribution in [3.05, 3.63) is 78.4 Å². The highest BCUT2D eigenvalue weighted by Gasteiger charge is 2.39. The van der Waals surface area contributed by atoms with Gasteiger partial charge in [-0.1, -0.05) is 18.2 Å². The number of hydrogen-bond acceptors (Lipinski definition) is 3. The van der Waals surface area contributed by atoms with Crippen molar-refractivity contribution in [2.24, 2.45) is 0 Å². The molecule has 0 unspecified atom stereocenters. The third-order valence-corrected chi connectivity index (χ3v) is 5.17. The molecule has 0 amide bonds. The quantitative estimate of drug-likeness (QED) is 0.718. The minimum atomic E-state index is -0.0166. The van der Waals surface area contributed by atoms with Crippen LogP contribution in [0.5, 0.6) is 5.75 Å². The number of aromatic nitrogens is 2. The summed E-state index contributed by atoms with van der Waals surface area (Å²) in [6.07, 6.45) is 3.87. The van der Waals surface area contributed by atoms with Gasteiger partial charge in [-0.15, -0.1) is 0 Å². The van der Waals surface area contributed by atoms with Crippen molar-refractivity contribution in [3.63, 3.8) is 0 Å². The van der Waals surface area contributed by atoms with E-state index < -0.39 is 0 Å². The van der Waals surface area contributed by atoms with Crippen LogP contribution in [0.15, 0.2) is 67.0 Å². The lowest BCUT2D eigenvalue weighted by atomic mass is 10.0. The molecule has 1 aliphatic rings. The van der Waals surface area contributed by atoms with Gasteiger partial charge in [-0.25, -0.2) is 0 Å². The molecule has 2 atom stereocenters. The fourth-order valence-corrected chi connectivity index (χ4v) is 3.75. The van der Waals surface area contributed by atoms with Crippen molar-refractivity contribution in [3.8, 4) is 11.4 Å². The summed E-state index contributed by atoms with van der Waals surface area (Å²) in [5.74, 6) is 0.829. The molecule has 6 heteroatoms. The van der Waals surface area contributed by atoms with E-state index in [1.807, 2.05) is 55.7 Å². The molecule has 3 heterocycles. The topological polar surface area (TPSA) is 42.3 Å². The summed E-state index contributed by atoms with van der Waals surface area (Å²) in [5, 5.41) is 4.14. The first-order valence-corrected chi connectivity index (χ1v) is 8.86. The fraction of sp³-hybridized carbons (Fsp3) is 0.200. The highest BCUT2D eigenvalue weighted by atomic mass is 32.1. The number of hydrogen-bond donors (Lipinski definition) is 1. The van der Waals surface area contributed by atoms with Gasteiger partial charge in [0.1, 0.15) is 5.75 Å². The number of para-hydroxylation sites is 2. The lowest BCUT2D eigenvalue weighted by Gasteiger charge is -2.26. The van der Waals surface area contributed by atoms with E-state index in [9.17, 15) is 0 Å². The van der Waals surface area contributed by atoms with Crippen LogP contribution >= 0.6 is 12.2 Å². The second-order valence-electron chi connectivity index (χ2n) is 6.21. The van der Waals surface area contributed by atoms with Crippen LogP contribution in [0.25, 0.3) is 5.69 Å². The molecule has 3 aromatic rings. The van der Waals surface area contributed by atoms with Crippen LogP contribution in [0.3, 0.4) is 0 Å². The number of likely N-dealkylation sites (N-methyl/N-ethyl adjacent to an activating group) is 1. The van der Waals surface area contributed by atoms with Crippen LogP contribution in [-0.4, -0.2) is 33.7 Å². The summed E-state index contributed by atoms with van der Waals surface area (Å²) in [4.78, 5) is 6.64. The van der Waals surface area contributed by atoms with E-state index in [2.05, 4.69) is 38.1 Å². The maximum absolute atomic E-state index is 5.56. The maximum atomic E-state index is 5.56. The average molecular weight is 364 g/mol. The van der Waals surface area contributed by atoms with E-state index in [1.54, 1.807) is 7.11 Å². The highest BCUT2D eigenvalue weighted by molar-refractivity contribution is 7.80. The van der Waals surface area contributed by atoms with Crippen molar-refractivity contribution in [2.75, 3.05) is 14.2 Å². The molecule has 2 aromatic heterocycles. The van der Waals surface area contributed by atoms with Crippen molar-refractivity contribution < 1.29 is 4.74 Å². The molecular weight excluding hydrogens is 344 g/mol. The van der Waals surface area contributed by atoms with Crippen LogP contribution in [-0.2, 0) is 0 Å². The zero-order valence-corrected chi connectivity index (χ0v) is 15.5.